The highest BCUT2D eigenvalue weighted by molar-refractivity contribution is 7.09. The minimum atomic E-state index is -0.138. The van der Waals surface area contributed by atoms with Crippen LogP contribution >= 0.6 is 11.3 Å². The first-order chi connectivity index (χ1) is 6.76. The largest absolute Gasteiger partial charge is 0.396 e. The topological polar surface area (TPSA) is 59.1 Å². The van der Waals surface area contributed by atoms with Gasteiger partial charge in [0.15, 0.2) is 0 Å². The second-order valence-electron chi connectivity index (χ2n) is 3.76. The fourth-order valence-corrected chi connectivity index (χ4v) is 2.46. The Morgan fingerprint density at radius 1 is 1.64 bits per heavy atom. The number of rotatable bonds is 6. The van der Waals surface area contributed by atoms with Gasteiger partial charge >= 0.3 is 0 Å². The number of nitrogens with two attached hydrogens (primary N) is 1. The van der Waals surface area contributed by atoms with Crippen LogP contribution in [0.3, 0.4) is 0 Å². The van der Waals surface area contributed by atoms with Gasteiger partial charge in [0.25, 0.3) is 0 Å². The minimum absolute atomic E-state index is 0.138. The van der Waals surface area contributed by atoms with E-state index in [2.05, 4.69) is 11.9 Å². The van der Waals surface area contributed by atoms with Crippen LogP contribution < -0.4 is 5.73 Å². The summed E-state index contributed by atoms with van der Waals surface area (Å²) in [4.78, 5) is 5.24. The van der Waals surface area contributed by atoms with E-state index in [4.69, 9.17) is 5.73 Å². The van der Waals surface area contributed by atoms with Gasteiger partial charge in [-0.25, -0.2) is 0 Å². The van der Waals surface area contributed by atoms with E-state index in [1.807, 2.05) is 11.7 Å². The molecule has 1 rings (SSSR count). The van der Waals surface area contributed by atoms with E-state index in [-0.39, 0.29) is 12.0 Å². The smallest absolute Gasteiger partial charge is 0.0794 e. The molecular formula is C10H18N2OS. The number of nitrogens with zero attached hydrogens (tertiary/aromatic N) is 1. The maximum absolute atomic E-state index is 9.41. The molecule has 1 atom stereocenters. The molecule has 0 saturated carbocycles. The first-order valence-electron chi connectivity index (χ1n) is 4.94. The zero-order valence-electron chi connectivity index (χ0n) is 8.57. The molecule has 0 aliphatic heterocycles. The molecule has 1 aromatic heterocycles. The van der Waals surface area contributed by atoms with Crippen LogP contribution in [0.2, 0.25) is 0 Å². The summed E-state index contributed by atoms with van der Waals surface area (Å²) in [6, 6.07) is 0. The lowest BCUT2D eigenvalue weighted by Crippen LogP contribution is -2.36. The minimum Gasteiger partial charge on any atom is -0.396 e. The SMILES string of the molecule is CCCC(CN)(CO)Cc1cncs1. The van der Waals surface area contributed by atoms with Crippen LogP contribution in [0.25, 0.3) is 0 Å². The van der Waals surface area contributed by atoms with Gasteiger partial charge in [-0.2, -0.15) is 0 Å². The van der Waals surface area contributed by atoms with Gasteiger partial charge in [0.2, 0.25) is 0 Å². The summed E-state index contributed by atoms with van der Waals surface area (Å²) in [5.74, 6) is 0. The average molecular weight is 214 g/mol. The number of hydrogen-bond acceptors (Lipinski definition) is 4. The van der Waals surface area contributed by atoms with E-state index in [9.17, 15) is 5.11 Å². The fraction of sp³-hybridized carbons (Fsp3) is 0.700. The molecular weight excluding hydrogens is 196 g/mol. The van der Waals surface area contributed by atoms with Crippen LogP contribution in [0.4, 0.5) is 0 Å². The molecule has 1 heterocycles. The van der Waals surface area contributed by atoms with Gasteiger partial charge in [0.05, 0.1) is 12.1 Å². The van der Waals surface area contributed by atoms with Crippen molar-refractivity contribution in [1.82, 2.24) is 4.98 Å². The van der Waals surface area contributed by atoms with Crippen molar-refractivity contribution < 1.29 is 5.11 Å². The van der Waals surface area contributed by atoms with Gasteiger partial charge in [-0.3, -0.25) is 4.98 Å². The molecule has 0 bridgehead atoms. The quantitative estimate of drug-likeness (QED) is 0.753. The predicted octanol–water partition coefficient (Wildman–Crippen LogP) is 1.42. The van der Waals surface area contributed by atoms with Gasteiger partial charge in [-0.05, 0) is 12.8 Å². The normalized spacial score (nSPS) is 15.4. The van der Waals surface area contributed by atoms with Crippen molar-refractivity contribution >= 4 is 11.3 Å². The van der Waals surface area contributed by atoms with E-state index >= 15 is 0 Å². The molecule has 4 heteroatoms. The van der Waals surface area contributed by atoms with Gasteiger partial charge < -0.3 is 10.8 Å². The number of aliphatic hydroxyl groups is 1. The molecule has 3 N–H and O–H groups in total. The van der Waals surface area contributed by atoms with Crippen molar-refractivity contribution in [2.75, 3.05) is 13.2 Å². The maximum atomic E-state index is 9.41. The summed E-state index contributed by atoms with van der Waals surface area (Å²) < 4.78 is 0. The third-order valence-electron chi connectivity index (χ3n) is 2.58. The highest BCUT2D eigenvalue weighted by atomic mass is 32.1. The van der Waals surface area contributed by atoms with Crippen LogP contribution in [0.15, 0.2) is 11.7 Å². The third kappa shape index (κ3) is 2.77. The molecule has 1 aromatic rings. The van der Waals surface area contributed by atoms with E-state index in [0.717, 1.165) is 19.3 Å². The first-order valence-corrected chi connectivity index (χ1v) is 5.82. The molecule has 0 aromatic carbocycles. The summed E-state index contributed by atoms with van der Waals surface area (Å²) in [5, 5.41) is 9.41. The Kier molecular flexibility index (Phi) is 4.51. The molecule has 0 saturated heterocycles. The Hall–Kier alpha value is -0.450. The Morgan fingerprint density at radius 3 is 2.86 bits per heavy atom. The maximum Gasteiger partial charge on any atom is 0.0794 e. The highest BCUT2D eigenvalue weighted by Gasteiger charge is 2.27. The van der Waals surface area contributed by atoms with Gasteiger partial charge in [0, 0.05) is 23.0 Å². The monoisotopic (exact) mass is 214 g/mol. The first kappa shape index (κ1) is 11.6. The Bertz CT molecular complexity index is 245. The van der Waals surface area contributed by atoms with Gasteiger partial charge in [0.1, 0.15) is 0 Å². The zero-order valence-corrected chi connectivity index (χ0v) is 9.39. The summed E-state index contributed by atoms with van der Waals surface area (Å²) in [7, 11) is 0. The molecule has 3 nitrogen and oxygen atoms in total. The van der Waals surface area contributed by atoms with Crippen LogP contribution in [0.5, 0.6) is 0 Å². The summed E-state index contributed by atoms with van der Waals surface area (Å²) in [5.41, 5.74) is 7.43. The summed E-state index contributed by atoms with van der Waals surface area (Å²) in [6.07, 6.45) is 4.73. The molecule has 0 aliphatic carbocycles. The van der Waals surface area contributed by atoms with Crippen LogP contribution in [0.1, 0.15) is 24.6 Å². The van der Waals surface area contributed by atoms with Gasteiger partial charge in [-0.15, -0.1) is 11.3 Å². The second kappa shape index (κ2) is 5.44. The van der Waals surface area contributed by atoms with Crippen molar-refractivity contribution in [3.05, 3.63) is 16.6 Å². The summed E-state index contributed by atoms with van der Waals surface area (Å²) in [6.45, 7) is 2.82. The predicted molar refractivity (Wildman–Crippen MR) is 59.3 cm³/mol. The van der Waals surface area contributed by atoms with Crippen molar-refractivity contribution in [3.8, 4) is 0 Å². The molecule has 0 amide bonds. The molecule has 1 unspecified atom stereocenters. The average Bonchev–Trinajstić information content (AvgIpc) is 2.69. The standard InChI is InChI=1S/C10H18N2OS/c1-2-3-10(6-11,7-13)4-9-5-12-8-14-9/h5,8,13H,2-4,6-7,11H2,1H3. The Morgan fingerprint density at radius 2 is 2.43 bits per heavy atom. The van der Waals surface area contributed by atoms with Crippen LogP contribution in [0, 0.1) is 5.41 Å². The fourth-order valence-electron chi connectivity index (χ4n) is 1.69. The molecule has 0 radical (unpaired) electrons. The lowest BCUT2D eigenvalue weighted by atomic mass is 9.81. The van der Waals surface area contributed by atoms with Crippen molar-refractivity contribution in [1.29, 1.82) is 0 Å². The van der Waals surface area contributed by atoms with Crippen molar-refractivity contribution in [2.24, 2.45) is 11.1 Å². The lowest BCUT2D eigenvalue weighted by Gasteiger charge is -2.29. The van der Waals surface area contributed by atoms with Crippen molar-refractivity contribution in [3.63, 3.8) is 0 Å². The van der Waals surface area contributed by atoms with E-state index < -0.39 is 0 Å². The highest BCUT2D eigenvalue weighted by Crippen LogP contribution is 2.28. The Balaban J connectivity index is 2.67. The lowest BCUT2D eigenvalue weighted by molar-refractivity contribution is 0.122. The summed E-state index contributed by atoms with van der Waals surface area (Å²) >= 11 is 1.63. The van der Waals surface area contributed by atoms with Crippen LogP contribution in [-0.2, 0) is 6.42 Å². The second-order valence-corrected chi connectivity index (χ2v) is 4.73. The third-order valence-corrected chi connectivity index (χ3v) is 3.36. The van der Waals surface area contributed by atoms with E-state index in [1.54, 1.807) is 11.3 Å². The molecule has 0 aliphatic rings. The molecule has 14 heavy (non-hydrogen) atoms. The Labute approximate surface area is 89.0 Å². The number of hydrogen-bond donors (Lipinski definition) is 2. The zero-order chi connectivity index (χ0) is 10.4. The van der Waals surface area contributed by atoms with Crippen molar-refractivity contribution in [2.45, 2.75) is 26.2 Å². The molecule has 0 spiro atoms. The number of aromatic nitrogens is 1. The van der Waals surface area contributed by atoms with E-state index in [1.165, 1.54) is 4.88 Å². The van der Waals surface area contributed by atoms with Gasteiger partial charge in [-0.1, -0.05) is 13.3 Å². The molecule has 80 valence electrons. The van der Waals surface area contributed by atoms with Crippen LogP contribution in [-0.4, -0.2) is 23.2 Å². The van der Waals surface area contributed by atoms with E-state index in [0.29, 0.717) is 6.54 Å². The number of thiazole rings is 1. The number of aliphatic hydroxyl groups excluding tert-OH is 1. The molecule has 0 fully saturated rings.